The van der Waals surface area contributed by atoms with Crippen LogP contribution in [0.15, 0.2) is 70.3 Å². The molecule has 1 N–H and O–H groups in total. The normalized spacial score (nSPS) is 12.9. The molecule has 37 heavy (non-hydrogen) atoms. The van der Waals surface area contributed by atoms with Gasteiger partial charge in [0.15, 0.2) is 11.5 Å². The maximum Gasteiger partial charge on any atom is 0.332 e. The third-order valence-corrected chi connectivity index (χ3v) is 6.85. The van der Waals surface area contributed by atoms with E-state index in [0.29, 0.717) is 38.6 Å². The molecule has 0 atom stereocenters. The summed E-state index contributed by atoms with van der Waals surface area (Å²) in [6.07, 6.45) is 2.01. The predicted octanol–water partition coefficient (Wildman–Crippen LogP) is 3.82. The first kappa shape index (κ1) is 24.6. The lowest BCUT2D eigenvalue weighted by atomic mass is 10.1. The Kier molecular flexibility index (Phi) is 6.76. The number of halogens is 1. The monoisotopic (exact) mass is 519 g/mol. The number of hydrogen-bond acceptors (Lipinski definition) is 5. The molecule has 4 aromatic rings. The third kappa shape index (κ3) is 4.97. The summed E-state index contributed by atoms with van der Waals surface area (Å²) < 4.78 is 13.5. The van der Waals surface area contributed by atoms with Crippen LogP contribution in [-0.2, 0) is 13.1 Å². The molecule has 1 aliphatic carbocycles. The number of benzene rings is 3. The maximum absolute atomic E-state index is 13.7. The lowest BCUT2D eigenvalue weighted by Gasteiger charge is -2.17. The molecule has 0 aliphatic heterocycles. The molecule has 1 fully saturated rings. The first-order chi connectivity index (χ1) is 17.9. The number of nitrogens with zero attached hydrogens (tertiary/aromatic N) is 2. The summed E-state index contributed by atoms with van der Waals surface area (Å²) in [6, 6.07) is 17.6. The molecule has 3 aromatic carbocycles. The zero-order chi connectivity index (χ0) is 26.1. The molecule has 0 saturated heterocycles. The van der Waals surface area contributed by atoms with Crippen LogP contribution in [0.4, 0.5) is 0 Å². The molecular weight excluding hydrogens is 494 g/mol. The van der Waals surface area contributed by atoms with Crippen molar-refractivity contribution in [1.29, 1.82) is 0 Å². The Morgan fingerprint density at radius 2 is 1.62 bits per heavy atom. The molecule has 0 radical (unpaired) electrons. The fraction of sp³-hybridized carbons (Fsp3) is 0.250. The summed E-state index contributed by atoms with van der Waals surface area (Å²) >= 11 is 6.40. The van der Waals surface area contributed by atoms with Crippen LogP contribution in [0, 0.1) is 0 Å². The van der Waals surface area contributed by atoms with Gasteiger partial charge in [-0.05, 0) is 48.2 Å². The van der Waals surface area contributed by atoms with Gasteiger partial charge in [-0.2, -0.15) is 0 Å². The minimum atomic E-state index is -0.486. The lowest BCUT2D eigenvalue weighted by molar-refractivity contribution is 0.0951. The van der Waals surface area contributed by atoms with Gasteiger partial charge in [0.2, 0.25) is 0 Å². The number of amides is 1. The SMILES string of the molecule is COc1cc2c(=O)n(Cc3ccc(C(=O)NC4CC4)cc3)c(=O)n(Cc3ccccc3Cl)c2cc1OC. The fourth-order valence-corrected chi connectivity index (χ4v) is 4.47. The van der Waals surface area contributed by atoms with Crippen LogP contribution in [0.3, 0.4) is 0 Å². The second-order valence-electron chi connectivity index (χ2n) is 9.02. The van der Waals surface area contributed by atoms with Crippen LogP contribution in [0.2, 0.25) is 5.02 Å². The zero-order valence-electron chi connectivity index (χ0n) is 20.5. The van der Waals surface area contributed by atoms with Crippen molar-refractivity contribution in [2.75, 3.05) is 14.2 Å². The summed E-state index contributed by atoms with van der Waals surface area (Å²) in [5.41, 5.74) is 1.46. The molecule has 1 amide bonds. The molecule has 0 unspecified atom stereocenters. The van der Waals surface area contributed by atoms with Gasteiger partial charge < -0.3 is 14.8 Å². The smallest absolute Gasteiger partial charge is 0.332 e. The minimum Gasteiger partial charge on any atom is -0.493 e. The molecular formula is C28H26ClN3O5. The molecule has 1 saturated carbocycles. The molecule has 0 bridgehead atoms. The molecule has 5 rings (SSSR count). The molecule has 190 valence electrons. The van der Waals surface area contributed by atoms with E-state index in [1.165, 1.54) is 23.4 Å². The Labute approximate surface area is 218 Å². The van der Waals surface area contributed by atoms with Gasteiger partial charge in [-0.3, -0.25) is 18.7 Å². The first-order valence-electron chi connectivity index (χ1n) is 11.9. The highest BCUT2D eigenvalue weighted by atomic mass is 35.5. The van der Waals surface area contributed by atoms with E-state index in [-0.39, 0.29) is 25.0 Å². The second kappa shape index (κ2) is 10.1. The molecule has 1 aromatic heterocycles. The van der Waals surface area contributed by atoms with E-state index in [1.54, 1.807) is 42.5 Å². The number of nitrogens with one attached hydrogen (secondary N) is 1. The van der Waals surface area contributed by atoms with Crippen molar-refractivity contribution in [3.05, 3.63) is 103 Å². The molecule has 9 heteroatoms. The highest BCUT2D eigenvalue weighted by molar-refractivity contribution is 6.31. The minimum absolute atomic E-state index is 0.0367. The van der Waals surface area contributed by atoms with E-state index in [4.69, 9.17) is 21.1 Å². The topological polar surface area (TPSA) is 91.6 Å². The van der Waals surface area contributed by atoms with E-state index < -0.39 is 11.2 Å². The quantitative estimate of drug-likeness (QED) is 0.382. The van der Waals surface area contributed by atoms with Crippen LogP contribution in [-0.4, -0.2) is 35.3 Å². The fourth-order valence-electron chi connectivity index (χ4n) is 4.27. The summed E-state index contributed by atoms with van der Waals surface area (Å²) in [4.78, 5) is 39.6. The first-order valence-corrected chi connectivity index (χ1v) is 12.3. The number of ether oxygens (including phenoxy) is 2. The number of fused-ring (bicyclic) bond motifs is 1. The van der Waals surface area contributed by atoms with Gasteiger partial charge in [-0.25, -0.2) is 4.79 Å². The number of aromatic nitrogens is 2. The van der Waals surface area contributed by atoms with E-state index >= 15 is 0 Å². The summed E-state index contributed by atoms with van der Waals surface area (Å²) in [5, 5.41) is 3.78. The van der Waals surface area contributed by atoms with Crippen molar-refractivity contribution in [2.45, 2.75) is 32.0 Å². The maximum atomic E-state index is 13.7. The molecule has 1 aliphatic rings. The van der Waals surface area contributed by atoms with Crippen LogP contribution >= 0.6 is 11.6 Å². The highest BCUT2D eigenvalue weighted by Gasteiger charge is 2.24. The molecule has 1 heterocycles. The largest absolute Gasteiger partial charge is 0.493 e. The van der Waals surface area contributed by atoms with Gasteiger partial charge in [0.05, 0.1) is 38.2 Å². The zero-order valence-corrected chi connectivity index (χ0v) is 21.2. The summed E-state index contributed by atoms with van der Waals surface area (Å²) in [7, 11) is 2.99. The van der Waals surface area contributed by atoms with Crippen molar-refractivity contribution in [1.82, 2.24) is 14.5 Å². The Hall–Kier alpha value is -4.04. The average Bonchev–Trinajstić information content (AvgIpc) is 3.73. The molecule has 8 nitrogen and oxygen atoms in total. The van der Waals surface area contributed by atoms with Gasteiger partial charge in [-0.1, -0.05) is 41.9 Å². The van der Waals surface area contributed by atoms with Crippen molar-refractivity contribution < 1.29 is 14.3 Å². The van der Waals surface area contributed by atoms with Gasteiger partial charge in [-0.15, -0.1) is 0 Å². The highest BCUT2D eigenvalue weighted by Crippen LogP contribution is 2.31. The van der Waals surface area contributed by atoms with Gasteiger partial charge in [0, 0.05) is 22.7 Å². The standard InChI is InChI=1S/C28H26ClN3O5/c1-36-24-13-21-23(14-25(24)37-2)31(16-19-5-3-4-6-22(19)29)28(35)32(27(21)34)15-17-7-9-18(10-8-17)26(33)30-20-11-12-20/h3-10,13-14,20H,11-12,15-16H2,1-2H3,(H,30,33). The number of rotatable bonds is 8. The van der Waals surface area contributed by atoms with Crippen molar-refractivity contribution >= 4 is 28.4 Å². The van der Waals surface area contributed by atoms with Crippen molar-refractivity contribution in [2.24, 2.45) is 0 Å². The Balaban J connectivity index is 1.60. The van der Waals surface area contributed by atoms with Gasteiger partial charge in [0.1, 0.15) is 0 Å². The summed E-state index contributed by atoms with van der Waals surface area (Å²) in [5.74, 6) is 0.659. The van der Waals surface area contributed by atoms with Gasteiger partial charge >= 0.3 is 5.69 Å². The third-order valence-electron chi connectivity index (χ3n) is 6.49. The van der Waals surface area contributed by atoms with Crippen LogP contribution in [0.5, 0.6) is 11.5 Å². The Morgan fingerprint density at radius 3 is 2.27 bits per heavy atom. The van der Waals surface area contributed by atoms with E-state index in [9.17, 15) is 14.4 Å². The number of carbonyl (C=O) groups excluding carboxylic acids is 1. The predicted molar refractivity (Wildman–Crippen MR) is 142 cm³/mol. The average molecular weight is 520 g/mol. The Morgan fingerprint density at radius 1 is 0.946 bits per heavy atom. The van der Waals surface area contributed by atoms with Crippen LogP contribution in [0.1, 0.15) is 34.3 Å². The molecule has 0 spiro atoms. The van der Waals surface area contributed by atoms with Crippen molar-refractivity contribution in [3.63, 3.8) is 0 Å². The van der Waals surface area contributed by atoms with E-state index in [0.717, 1.165) is 18.4 Å². The van der Waals surface area contributed by atoms with Crippen LogP contribution in [0.25, 0.3) is 10.9 Å². The number of hydrogen-bond donors (Lipinski definition) is 1. The van der Waals surface area contributed by atoms with Crippen molar-refractivity contribution in [3.8, 4) is 11.5 Å². The summed E-state index contributed by atoms with van der Waals surface area (Å²) in [6.45, 7) is 0.194. The second-order valence-corrected chi connectivity index (χ2v) is 9.43. The van der Waals surface area contributed by atoms with Gasteiger partial charge in [0.25, 0.3) is 11.5 Å². The van der Waals surface area contributed by atoms with E-state index in [1.807, 2.05) is 18.2 Å². The van der Waals surface area contributed by atoms with E-state index in [2.05, 4.69) is 5.32 Å². The lowest BCUT2D eigenvalue weighted by Crippen LogP contribution is -2.40. The van der Waals surface area contributed by atoms with Crippen LogP contribution < -0.4 is 26.0 Å². The number of carbonyl (C=O) groups is 1. The number of methoxy groups -OCH3 is 2. The Bertz CT molecular complexity index is 1600.